The molecule has 0 bridgehead atoms. The highest BCUT2D eigenvalue weighted by Gasteiger charge is 2.30. The average molecular weight is 501 g/mol. The maximum absolute atomic E-state index is 12.8. The Kier molecular flexibility index (Phi) is 8.67. The van der Waals surface area contributed by atoms with Gasteiger partial charge in [-0.25, -0.2) is 4.79 Å². The monoisotopic (exact) mass is 500 g/mol. The molecule has 3 rings (SSSR count). The van der Waals surface area contributed by atoms with Gasteiger partial charge in [0, 0.05) is 10.4 Å². The molecule has 0 unspecified atom stereocenters. The topological polar surface area (TPSA) is 111 Å². The van der Waals surface area contributed by atoms with Gasteiger partial charge in [0.2, 0.25) is 0 Å². The number of aryl methyl sites for hydroxylation is 2. The van der Waals surface area contributed by atoms with Gasteiger partial charge in [0.15, 0.2) is 6.10 Å². The van der Waals surface area contributed by atoms with Gasteiger partial charge in [0.05, 0.1) is 12.2 Å². The number of hydrogen-bond acceptors (Lipinski definition) is 7. The molecule has 0 spiro atoms. The third kappa shape index (κ3) is 6.69. The van der Waals surface area contributed by atoms with Gasteiger partial charge in [-0.1, -0.05) is 24.1 Å². The molecule has 35 heavy (non-hydrogen) atoms. The first kappa shape index (κ1) is 26.4. The molecule has 0 radical (unpaired) electrons. The van der Waals surface area contributed by atoms with E-state index in [0.29, 0.717) is 22.0 Å². The molecule has 1 aliphatic carbocycles. The van der Waals surface area contributed by atoms with Gasteiger partial charge in [-0.05, 0) is 70.6 Å². The Morgan fingerprint density at radius 1 is 1.14 bits per heavy atom. The molecule has 0 saturated heterocycles. The Balaban J connectivity index is 1.61. The summed E-state index contributed by atoms with van der Waals surface area (Å²) in [4.78, 5) is 51.1. The van der Waals surface area contributed by atoms with Crippen LogP contribution in [0.5, 0.6) is 0 Å². The number of hydrogen-bond donors (Lipinski definition) is 2. The van der Waals surface area contributed by atoms with Gasteiger partial charge in [-0.15, -0.1) is 11.3 Å². The summed E-state index contributed by atoms with van der Waals surface area (Å²) in [5.74, 6) is -1.66. The van der Waals surface area contributed by atoms with Crippen molar-refractivity contribution >= 4 is 40.1 Å². The van der Waals surface area contributed by atoms with Crippen LogP contribution in [0.15, 0.2) is 18.2 Å². The van der Waals surface area contributed by atoms with E-state index in [1.807, 2.05) is 19.9 Å². The SMILES string of the molecule is CCOC(=O)c1c(NC(=O)[C@@H](C)OC(=O)CNC(=O)c2cc(C)cc(C)c2)sc2c1CC[C@@H](C)C2. The van der Waals surface area contributed by atoms with Crippen molar-refractivity contribution in [3.8, 4) is 0 Å². The third-order valence-electron chi connectivity index (χ3n) is 5.78. The molecular weight excluding hydrogens is 468 g/mol. The summed E-state index contributed by atoms with van der Waals surface area (Å²) in [6.07, 6.45) is 1.44. The lowest BCUT2D eigenvalue weighted by Crippen LogP contribution is -2.36. The number of carbonyl (C=O) groups is 4. The largest absolute Gasteiger partial charge is 0.462 e. The zero-order valence-corrected chi connectivity index (χ0v) is 21.6. The lowest BCUT2D eigenvalue weighted by Gasteiger charge is -2.18. The van der Waals surface area contributed by atoms with E-state index in [1.54, 1.807) is 19.1 Å². The Bertz CT molecular complexity index is 1120. The van der Waals surface area contributed by atoms with Gasteiger partial charge in [-0.2, -0.15) is 0 Å². The smallest absolute Gasteiger partial charge is 0.341 e. The molecule has 2 aromatic rings. The van der Waals surface area contributed by atoms with Crippen LogP contribution in [0.2, 0.25) is 0 Å². The normalized spacial score (nSPS) is 15.5. The number of fused-ring (bicyclic) bond motifs is 1. The third-order valence-corrected chi connectivity index (χ3v) is 6.95. The number of amides is 2. The highest BCUT2D eigenvalue weighted by molar-refractivity contribution is 7.17. The summed E-state index contributed by atoms with van der Waals surface area (Å²) in [7, 11) is 0. The lowest BCUT2D eigenvalue weighted by molar-refractivity contribution is -0.152. The second kappa shape index (κ2) is 11.5. The number of esters is 2. The first-order valence-electron chi connectivity index (χ1n) is 11.8. The maximum atomic E-state index is 12.8. The van der Waals surface area contributed by atoms with E-state index >= 15 is 0 Å². The standard InChI is InChI=1S/C26H32N2O6S/c1-6-33-26(32)22-19-8-7-14(2)12-20(19)35-25(22)28-23(30)17(5)34-21(29)13-27-24(31)18-10-15(3)9-16(4)11-18/h9-11,14,17H,6-8,12-13H2,1-5H3,(H,27,31)(H,28,30)/t14-,17-/m1/s1. The van der Waals surface area contributed by atoms with Gasteiger partial charge < -0.3 is 20.1 Å². The molecule has 1 aliphatic rings. The second-order valence-electron chi connectivity index (χ2n) is 8.96. The molecule has 2 amide bonds. The molecule has 8 nitrogen and oxygen atoms in total. The van der Waals surface area contributed by atoms with Crippen molar-refractivity contribution in [2.45, 2.75) is 60.0 Å². The van der Waals surface area contributed by atoms with E-state index in [0.717, 1.165) is 40.8 Å². The number of anilines is 1. The van der Waals surface area contributed by atoms with Gasteiger partial charge in [0.1, 0.15) is 11.5 Å². The quantitative estimate of drug-likeness (QED) is 0.531. The molecule has 1 aromatic heterocycles. The Morgan fingerprint density at radius 3 is 2.49 bits per heavy atom. The Hall–Kier alpha value is -3.20. The number of rotatable bonds is 8. The van der Waals surface area contributed by atoms with Crippen LogP contribution >= 0.6 is 11.3 Å². The number of nitrogens with one attached hydrogen (secondary N) is 2. The fourth-order valence-corrected chi connectivity index (χ4v) is 5.53. The van der Waals surface area contributed by atoms with Crippen LogP contribution < -0.4 is 10.6 Å². The highest BCUT2D eigenvalue weighted by Crippen LogP contribution is 2.40. The first-order chi connectivity index (χ1) is 16.6. The minimum Gasteiger partial charge on any atom is -0.462 e. The molecule has 1 heterocycles. The minimum atomic E-state index is -1.12. The number of thiophene rings is 1. The van der Waals surface area contributed by atoms with Crippen molar-refractivity contribution in [2.24, 2.45) is 5.92 Å². The maximum Gasteiger partial charge on any atom is 0.341 e. The fraction of sp³-hybridized carbons (Fsp3) is 0.462. The van der Waals surface area contributed by atoms with Gasteiger partial charge in [-0.3, -0.25) is 14.4 Å². The first-order valence-corrected chi connectivity index (χ1v) is 12.6. The zero-order valence-electron chi connectivity index (χ0n) is 20.8. The fourth-order valence-electron chi connectivity index (χ4n) is 4.12. The predicted molar refractivity (Wildman–Crippen MR) is 134 cm³/mol. The molecule has 2 atom stereocenters. The van der Waals surface area contributed by atoms with Crippen molar-refractivity contribution in [3.63, 3.8) is 0 Å². The van der Waals surface area contributed by atoms with Crippen LogP contribution in [0, 0.1) is 19.8 Å². The van der Waals surface area contributed by atoms with E-state index in [4.69, 9.17) is 9.47 Å². The Labute approximate surface area is 209 Å². The van der Waals surface area contributed by atoms with Crippen molar-refractivity contribution in [3.05, 3.63) is 50.9 Å². The van der Waals surface area contributed by atoms with Crippen LogP contribution in [0.1, 0.15) is 69.5 Å². The van der Waals surface area contributed by atoms with E-state index in [2.05, 4.69) is 17.6 Å². The molecule has 0 aliphatic heterocycles. The Morgan fingerprint density at radius 2 is 1.83 bits per heavy atom. The highest BCUT2D eigenvalue weighted by atomic mass is 32.1. The summed E-state index contributed by atoms with van der Waals surface area (Å²) in [6.45, 7) is 8.96. The summed E-state index contributed by atoms with van der Waals surface area (Å²) < 4.78 is 10.4. The second-order valence-corrected chi connectivity index (χ2v) is 10.1. The average Bonchev–Trinajstić information content (AvgIpc) is 3.13. The van der Waals surface area contributed by atoms with E-state index < -0.39 is 29.9 Å². The van der Waals surface area contributed by atoms with E-state index in [-0.39, 0.29) is 13.2 Å². The van der Waals surface area contributed by atoms with Crippen LogP contribution in [0.4, 0.5) is 5.00 Å². The predicted octanol–water partition coefficient (Wildman–Crippen LogP) is 3.97. The molecule has 188 valence electrons. The molecule has 9 heteroatoms. The van der Waals surface area contributed by atoms with Crippen molar-refractivity contribution in [1.29, 1.82) is 0 Å². The molecule has 0 fully saturated rings. The van der Waals surface area contributed by atoms with Crippen LogP contribution in [0.3, 0.4) is 0 Å². The zero-order chi connectivity index (χ0) is 25.7. The molecule has 1 aromatic carbocycles. The van der Waals surface area contributed by atoms with E-state index in [1.165, 1.54) is 18.3 Å². The van der Waals surface area contributed by atoms with Crippen molar-refractivity contribution < 1.29 is 28.7 Å². The van der Waals surface area contributed by atoms with Crippen LogP contribution in [-0.2, 0) is 31.9 Å². The summed E-state index contributed by atoms with van der Waals surface area (Å²) in [5.41, 5.74) is 3.65. The van der Waals surface area contributed by atoms with Crippen molar-refractivity contribution in [1.82, 2.24) is 5.32 Å². The van der Waals surface area contributed by atoms with Gasteiger partial charge in [0.25, 0.3) is 11.8 Å². The summed E-state index contributed by atoms with van der Waals surface area (Å²) in [5, 5.41) is 5.68. The minimum absolute atomic E-state index is 0.231. The molecule has 2 N–H and O–H groups in total. The number of ether oxygens (including phenoxy) is 2. The lowest BCUT2D eigenvalue weighted by atomic mass is 9.88. The summed E-state index contributed by atoms with van der Waals surface area (Å²) in [6, 6.07) is 5.40. The molecule has 0 saturated carbocycles. The number of benzene rings is 1. The van der Waals surface area contributed by atoms with Crippen molar-refractivity contribution in [2.75, 3.05) is 18.5 Å². The number of carbonyl (C=O) groups excluding carboxylic acids is 4. The van der Waals surface area contributed by atoms with E-state index in [9.17, 15) is 19.2 Å². The van der Waals surface area contributed by atoms with Crippen LogP contribution in [0.25, 0.3) is 0 Å². The van der Waals surface area contributed by atoms with Gasteiger partial charge >= 0.3 is 11.9 Å². The molecular formula is C26H32N2O6S. The summed E-state index contributed by atoms with van der Waals surface area (Å²) >= 11 is 1.37. The van der Waals surface area contributed by atoms with Crippen LogP contribution in [-0.4, -0.2) is 43.0 Å².